The summed E-state index contributed by atoms with van der Waals surface area (Å²) in [5.74, 6) is 3.49. The van der Waals surface area contributed by atoms with Crippen LogP contribution in [0.3, 0.4) is 0 Å². The summed E-state index contributed by atoms with van der Waals surface area (Å²) < 4.78 is 0. The SMILES string of the molecule is CCNc1cc(C)ccc1C(=O)NC1C2C3CCC(C3)C12. The monoisotopic (exact) mass is 284 g/mol. The molecule has 2 N–H and O–H groups in total. The van der Waals surface area contributed by atoms with E-state index in [-0.39, 0.29) is 5.91 Å². The van der Waals surface area contributed by atoms with Crippen LogP contribution in [-0.4, -0.2) is 18.5 Å². The van der Waals surface area contributed by atoms with Gasteiger partial charge < -0.3 is 10.6 Å². The lowest BCUT2D eigenvalue weighted by molar-refractivity contribution is 0.0945. The van der Waals surface area contributed by atoms with Gasteiger partial charge in [-0.05, 0) is 74.5 Å². The molecule has 0 radical (unpaired) electrons. The summed E-state index contributed by atoms with van der Waals surface area (Å²) in [5, 5.41) is 6.62. The number of fused-ring (bicyclic) bond motifs is 5. The van der Waals surface area contributed by atoms with E-state index in [1.807, 2.05) is 12.1 Å². The topological polar surface area (TPSA) is 41.1 Å². The Morgan fingerprint density at radius 3 is 2.62 bits per heavy atom. The van der Waals surface area contributed by atoms with Crippen LogP contribution in [0.5, 0.6) is 0 Å². The normalized spacial score (nSPS) is 35.4. The van der Waals surface area contributed by atoms with E-state index in [0.717, 1.165) is 41.5 Å². The van der Waals surface area contributed by atoms with E-state index in [1.165, 1.54) is 24.8 Å². The van der Waals surface area contributed by atoms with Crippen LogP contribution >= 0.6 is 0 Å². The second-order valence-electron chi connectivity index (χ2n) is 7.07. The van der Waals surface area contributed by atoms with Crippen LogP contribution < -0.4 is 10.6 Å². The first-order chi connectivity index (χ1) is 10.2. The van der Waals surface area contributed by atoms with Gasteiger partial charge in [-0.2, -0.15) is 0 Å². The molecule has 2 bridgehead atoms. The number of benzene rings is 1. The molecule has 0 aliphatic heterocycles. The Kier molecular flexibility index (Phi) is 2.98. The van der Waals surface area contributed by atoms with Gasteiger partial charge in [0, 0.05) is 18.3 Å². The number of hydrogen-bond acceptors (Lipinski definition) is 2. The van der Waals surface area contributed by atoms with Gasteiger partial charge in [-0.15, -0.1) is 0 Å². The standard InChI is InChI=1S/C18H24N2O/c1-3-19-14-8-10(2)4-7-13(14)18(21)20-17-15-11-5-6-12(9-11)16(15)17/h4,7-8,11-12,15-17,19H,3,5-6,9H2,1-2H3,(H,20,21). The van der Waals surface area contributed by atoms with Gasteiger partial charge in [0.1, 0.15) is 0 Å². The van der Waals surface area contributed by atoms with Crippen LogP contribution in [0.2, 0.25) is 0 Å². The van der Waals surface area contributed by atoms with Gasteiger partial charge in [-0.25, -0.2) is 0 Å². The molecule has 3 saturated carbocycles. The molecule has 0 saturated heterocycles. The summed E-state index contributed by atoms with van der Waals surface area (Å²) in [6.07, 6.45) is 4.21. The van der Waals surface area contributed by atoms with Gasteiger partial charge in [0.05, 0.1) is 5.56 Å². The molecule has 3 heteroatoms. The molecule has 4 atom stereocenters. The molecule has 0 heterocycles. The van der Waals surface area contributed by atoms with Gasteiger partial charge in [-0.3, -0.25) is 4.79 Å². The third-order valence-corrected chi connectivity index (χ3v) is 5.82. The number of hydrogen-bond donors (Lipinski definition) is 2. The van der Waals surface area contributed by atoms with Gasteiger partial charge in [-0.1, -0.05) is 6.07 Å². The molecule has 3 aliphatic carbocycles. The third-order valence-electron chi connectivity index (χ3n) is 5.82. The minimum absolute atomic E-state index is 0.102. The van der Waals surface area contributed by atoms with E-state index in [0.29, 0.717) is 6.04 Å². The van der Waals surface area contributed by atoms with Crippen molar-refractivity contribution in [1.29, 1.82) is 0 Å². The molecular formula is C18H24N2O. The molecule has 0 spiro atoms. The van der Waals surface area contributed by atoms with Crippen LogP contribution in [0.1, 0.15) is 42.1 Å². The Labute approximate surface area is 126 Å². The molecule has 3 aliphatic rings. The largest absolute Gasteiger partial charge is 0.385 e. The zero-order chi connectivity index (χ0) is 14.6. The molecule has 0 aromatic heterocycles. The first kappa shape index (κ1) is 13.2. The van der Waals surface area contributed by atoms with E-state index < -0.39 is 0 Å². The molecular weight excluding hydrogens is 260 g/mol. The van der Waals surface area contributed by atoms with Crippen molar-refractivity contribution < 1.29 is 4.79 Å². The number of anilines is 1. The fraction of sp³-hybridized carbons (Fsp3) is 0.611. The second kappa shape index (κ2) is 4.75. The van der Waals surface area contributed by atoms with E-state index in [9.17, 15) is 4.79 Å². The van der Waals surface area contributed by atoms with Crippen molar-refractivity contribution in [3.63, 3.8) is 0 Å². The number of carbonyl (C=O) groups excluding carboxylic acids is 1. The predicted octanol–water partition coefficient (Wildman–Crippen LogP) is 3.20. The highest BCUT2D eigenvalue weighted by molar-refractivity contribution is 6.00. The zero-order valence-electron chi connectivity index (χ0n) is 12.9. The third kappa shape index (κ3) is 2.05. The summed E-state index contributed by atoms with van der Waals surface area (Å²) in [4.78, 5) is 12.6. The minimum atomic E-state index is 0.102. The first-order valence-corrected chi connectivity index (χ1v) is 8.34. The highest BCUT2D eigenvalue weighted by Gasteiger charge is 2.65. The van der Waals surface area contributed by atoms with E-state index in [2.05, 4.69) is 30.5 Å². The summed E-state index contributed by atoms with van der Waals surface area (Å²) in [7, 11) is 0. The maximum Gasteiger partial charge on any atom is 0.253 e. The van der Waals surface area contributed by atoms with Crippen molar-refractivity contribution in [2.45, 2.75) is 39.2 Å². The highest BCUT2D eigenvalue weighted by atomic mass is 16.1. The fourth-order valence-corrected chi connectivity index (χ4v) is 4.94. The van der Waals surface area contributed by atoms with Crippen molar-refractivity contribution in [2.24, 2.45) is 23.7 Å². The zero-order valence-corrected chi connectivity index (χ0v) is 12.9. The van der Waals surface area contributed by atoms with E-state index in [1.54, 1.807) is 0 Å². The average molecular weight is 284 g/mol. The smallest absolute Gasteiger partial charge is 0.253 e. The lowest BCUT2D eigenvalue weighted by Crippen LogP contribution is -2.30. The number of amides is 1. The summed E-state index contributed by atoms with van der Waals surface area (Å²) in [6, 6.07) is 6.50. The summed E-state index contributed by atoms with van der Waals surface area (Å²) >= 11 is 0. The van der Waals surface area contributed by atoms with Crippen LogP contribution in [0, 0.1) is 30.6 Å². The lowest BCUT2D eigenvalue weighted by atomic mass is 10.0. The van der Waals surface area contributed by atoms with Crippen molar-refractivity contribution >= 4 is 11.6 Å². The van der Waals surface area contributed by atoms with E-state index >= 15 is 0 Å². The van der Waals surface area contributed by atoms with Crippen molar-refractivity contribution in [3.05, 3.63) is 29.3 Å². The predicted molar refractivity (Wildman–Crippen MR) is 84.4 cm³/mol. The molecule has 1 aromatic rings. The fourth-order valence-electron chi connectivity index (χ4n) is 4.94. The minimum Gasteiger partial charge on any atom is -0.385 e. The van der Waals surface area contributed by atoms with Crippen LogP contribution in [0.25, 0.3) is 0 Å². The first-order valence-electron chi connectivity index (χ1n) is 8.34. The Morgan fingerprint density at radius 2 is 1.95 bits per heavy atom. The van der Waals surface area contributed by atoms with Crippen molar-refractivity contribution in [3.8, 4) is 0 Å². The Balaban J connectivity index is 1.49. The Morgan fingerprint density at radius 1 is 1.24 bits per heavy atom. The molecule has 21 heavy (non-hydrogen) atoms. The highest BCUT2D eigenvalue weighted by Crippen LogP contribution is 2.65. The maximum absolute atomic E-state index is 12.6. The molecule has 112 valence electrons. The summed E-state index contributed by atoms with van der Waals surface area (Å²) in [6.45, 7) is 4.96. The molecule has 4 rings (SSSR count). The molecule has 1 amide bonds. The Bertz CT molecular complexity index is 567. The van der Waals surface area contributed by atoms with Crippen LogP contribution in [0.15, 0.2) is 18.2 Å². The molecule has 3 nitrogen and oxygen atoms in total. The average Bonchev–Trinajstić information content (AvgIpc) is 2.84. The number of rotatable bonds is 4. The van der Waals surface area contributed by atoms with Gasteiger partial charge in [0.15, 0.2) is 0 Å². The van der Waals surface area contributed by atoms with Gasteiger partial charge >= 0.3 is 0 Å². The quantitative estimate of drug-likeness (QED) is 0.891. The van der Waals surface area contributed by atoms with Crippen LogP contribution in [-0.2, 0) is 0 Å². The number of aryl methyl sites for hydroxylation is 1. The second-order valence-corrected chi connectivity index (χ2v) is 7.07. The molecule has 3 fully saturated rings. The van der Waals surface area contributed by atoms with Gasteiger partial charge in [0.2, 0.25) is 0 Å². The number of carbonyl (C=O) groups is 1. The Hall–Kier alpha value is -1.51. The van der Waals surface area contributed by atoms with Gasteiger partial charge in [0.25, 0.3) is 5.91 Å². The van der Waals surface area contributed by atoms with Crippen molar-refractivity contribution in [2.75, 3.05) is 11.9 Å². The lowest BCUT2D eigenvalue weighted by Gasteiger charge is -2.14. The van der Waals surface area contributed by atoms with Crippen LogP contribution in [0.4, 0.5) is 5.69 Å². The van der Waals surface area contributed by atoms with Crippen molar-refractivity contribution in [1.82, 2.24) is 5.32 Å². The molecule has 4 unspecified atom stereocenters. The maximum atomic E-state index is 12.6. The number of nitrogens with one attached hydrogen (secondary N) is 2. The van der Waals surface area contributed by atoms with E-state index in [4.69, 9.17) is 0 Å². The molecule has 1 aromatic carbocycles. The summed E-state index contributed by atoms with van der Waals surface area (Å²) in [5.41, 5.74) is 2.94.